The minimum Gasteiger partial charge on any atom is -0.330 e. The van der Waals surface area contributed by atoms with E-state index >= 15 is 0 Å². The quantitative estimate of drug-likeness (QED) is 0.880. The minimum absolute atomic E-state index is 0.191. The van der Waals surface area contributed by atoms with E-state index in [0.717, 1.165) is 31.4 Å². The van der Waals surface area contributed by atoms with Crippen LogP contribution in [0.15, 0.2) is 24.3 Å². The molecule has 0 aliphatic carbocycles. The van der Waals surface area contributed by atoms with E-state index in [1.54, 1.807) is 0 Å². The normalized spacial score (nSPS) is 12.2. The van der Waals surface area contributed by atoms with Crippen molar-refractivity contribution in [1.82, 2.24) is 9.55 Å². The largest absolute Gasteiger partial charge is 0.330 e. The summed E-state index contributed by atoms with van der Waals surface area (Å²) >= 11 is 0. The molecule has 1 aromatic heterocycles. The monoisotopic (exact) mass is 245 g/mol. The van der Waals surface area contributed by atoms with Crippen LogP contribution >= 0.6 is 0 Å². The molecule has 0 unspecified atom stereocenters. The topological polar surface area (TPSA) is 43.8 Å². The molecule has 3 nitrogen and oxygen atoms in total. The maximum atomic E-state index is 5.80. The summed E-state index contributed by atoms with van der Waals surface area (Å²) in [5, 5.41) is 0. The Balaban J connectivity index is 2.31. The highest BCUT2D eigenvalue weighted by molar-refractivity contribution is 5.75. The molecule has 0 saturated heterocycles. The van der Waals surface area contributed by atoms with E-state index in [1.165, 1.54) is 11.3 Å². The van der Waals surface area contributed by atoms with Crippen molar-refractivity contribution >= 4 is 11.0 Å². The second-order valence-corrected chi connectivity index (χ2v) is 5.64. The Morgan fingerprint density at radius 1 is 1.28 bits per heavy atom. The van der Waals surface area contributed by atoms with Gasteiger partial charge in [0.15, 0.2) is 0 Å². The maximum Gasteiger partial charge on any atom is 0.109 e. The number of nitrogens with zero attached hydrogens (tertiary/aromatic N) is 2. The summed E-state index contributed by atoms with van der Waals surface area (Å²) in [5.41, 5.74) is 8.33. The first-order valence-electron chi connectivity index (χ1n) is 6.71. The summed E-state index contributed by atoms with van der Waals surface area (Å²) < 4.78 is 2.34. The molecule has 2 rings (SSSR count). The van der Waals surface area contributed by atoms with E-state index in [0.29, 0.717) is 0 Å². The van der Waals surface area contributed by atoms with Crippen LogP contribution in [-0.4, -0.2) is 16.1 Å². The second kappa shape index (κ2) is 5.11. The molecule has 0 aliphatic heterocycles. The molecule has 0 saturated carbocycles. The third kappa shape index (κ3) is 2.56. The highest BCUT2D eigenvalue weighted by atomic mass is 15.1. The van der Waals surface area contributed by atoms with Gasteiger partial charge < -0.3 is 10.3 Å². The summed E-state index contributed by atoms with van der Waals surface area (Å²) in [5.74, 6) is 1.17. The van der Waals surface area contributed by atoms with Crippen LogP contribution in [0.1, 0.15) is 33.0 Å². The number of aryl methyl sites for hydroxylation is 2. The predicted octanol–water partition coefficient (Wildman–Crippen LogP) is 2.97. The number of rotatable bonds is 5. The molecule has 2 N–H and O–H groups in total. The number of aromatic nitrogens is 2. The molecule has 0 atom stereocenters. The third-order valence-corrected chi connectivity index (χ3v) is 3.61. The Labute approximate surface area is 109 Å². The molecule has 3 heteroatoms. The average Bonchev–Trinajstić information content (AvgIpc) is 2.74. The highest BCUT2D eigenvalue weighted by Crippen LogP contribution is 2.23. The molecule has 0 fully saturated rings. The van der Waals surface area contributed by atoms with E-state index in [-0.39, 0.29) is 5.41 Å². The van der Waals surface area contributed by atoms with Gasteiger partial charge in [-0.3, -0.25) is 0 Å². The van der Waals surface area contributed by atoms with E-state index in [9.17, 15) is 0 Å². The molecule has 0 radical (unpaired) electrons. The van der Waals surface area contributed by atoms with Crippen molar-refractivity contribution in [1.29, 1.82) is 0 Å². The molecule has 2 aromatic rings. The van der Waals surface area contributed by atoms with Crippen LogP contribution < -0.4 is 5.73 Å². The van der Waals surface area contributed by atoms with Gasteiger partial charge in [0, 0.05) is 13.0 Å². The van der Waals surface area contributed by atoms with Gasteiger partial charge in [-0.1, -0.05) is 32.9 Å². The van der Waals surface area contributed by atoms with Crippen LogP contribution in [0.5, 0.6) is 0 Å². The summed E-state index contributed by atoms with van der Waals surface area (Å²) in [4.78, 5) is 4.69. The van der Waals surface area contributed by atoms with E-state index < -0.39 is 0 Å². The number of fused-ring (bicyclic) bond motifs is 1. The fraction of sp³-hybridized carbons (Fsp3) is 0.533. The fourth-order valence-corrected chi connectivity index (χ4v) is 2.16. The number of imidazole rings is 1. The maximum absolute atomic E-state index is 5.80. The predicted molar refractivity (Wildman–Crippen MR) is 76.6 cm³/mol. The van der Waals surface area contributed by atoms with Gasteiger partial charge in [-0.25, -0.2) is 4.98 Å². The lowest BCUT2D eigenvalue weighted by molar-refractivity contribution is 0.324. The summed E-state index contributed by atoms with van der Waals surface area (Å²) in [6, 6.07) is 8.35. The van der Waals surface area contributed by atoms with Crippen molar-refractivity contribution in [2.75, 3.05) is 6.54 Å². The van der Waals surface area contributed by atoms with E-state index in [2.05, 4.69) is 48.5 Å². The van der Waals surface area contributed by atoms with Crippen molar-refractivity contribution < 1.29 is 0 Å². The van der Waals surface area contributed by atoms with Crippen LogP contribution in [0.2, 0.25) is 0 Å². The third-order valence-electron chi connectivity index (χ3n) is 3.61. The standard InChI is InChI=1S/C15H23N3/c1-4-14-17-12-7-5-6-8-13(12)18(14)10-9-15(2,3)11-16/h5-8H,4,9-11,16H2,1-3H3. The van der Waals surface area contributed by atoms with Gasteiger partial charge in [-0.15, -0.1) is 0 Å². The van der Waals surface area contributed by atoms with Gasteiger partial charge in [-0.2, -0.15) is 0 Å². The molecule has 98 valence electrons. The minimum atomic E-state index is 0.191. The Kier molecular flexibility index (Phi) is 3.71. The molecule has 18 heavy (non-hydrogen) atoms. The van der Waals surface area contributed by atoms with Crippen LogP contribution in [-0.2, 0) is 13.0 Å². The smallest absolute Gasteiger partial charge is 0.109 e. The molecular formula is C15H23N3. The Morgan fingerprint density at radius 2 is 2.00 bits per heavy atom. The summed E-state index contributed by atoms with van der Waals surface area (Å²) in [6.07, 6.45) is 2.05. The highest BCUT2D eigenvalue weighted by Gasteiger charge is 2.17. The zero-order valence-corrected chi connectivity index (χ0v) is 11.6. The average molecular weight is 245 g/mol. The van der Waals surface area contributed by atoms with Crippen molar-refractivity contribution in [2.45, 2.75) is 40.2 Å². The lowest BCUT2D eigenvalue weighted by Crippen LogP contribution is -2.25. The van der Waals surface area contributed by atoms with E-state index in [1.807, 2.05) is 6.07 Å². The van der Waals surface area contributed by atoms with Gasteiger partial charge in [0.25, 0.3) is 0 Å². The summed E-state index contributed by atoms with van der Waals surface area (Å²) in [6.45, 7) is 8.32. The molecule has 0 spiro atoms. The zero-order valence-electron chi connectivity index (χ0n) is 11.6. The zero-order chi connectivity index (χ0) is 13.2. The van der Waals surface area contributed by atoms with Crippen LogP contribution in [0.3, 0.4) is 0 Å². The van der Waals surface area contributed by atoms with Crippen LogP contribution in [0.25, 0.3) is 11.0 Å². The number of hydrogen-bond acceptors (Lipinski definition) is 2. The molecule has 1 heterocycles. The van der Waals surface area contributed by atoms with Gasteiger partial charge in [0.2, 0.25) is 0 Å². The summed E-state index contributed by atoms with van der Waals surface area (Å²) in [7, 11) is 0. The SMILES string of the molecule is CCc1nc2ccccc2n1CCC(C)(C)CN. The van der Waals surface area contributed by atoms with Gasteiger partial charge >= 0.3 is 0 Å². The number of benzene rings is 1. The fourth-order valence-electron chi connectivity index (χ4n) is 2.16. The first-order chi connectivity index (χ1) is 8.57. The first-order valence-corrected chi connectivity index (χ1v) is 6.71. The Hall–Kier alpha value is -1.35. The lowest BCUT2D eigenvalue weighted by Gasteiger charge is -2.23. The van der Waals surface area contributed by atoms with Gasteiger partial charge in [0.1, 0.15) is 5.82 Å². The van der Waals surface area contributed by atoms with Crippen LogP contribution in [0.4, 0.5) is 0 Å². The molecule has 0 amide bonds. The Morgan fingerprint density at radius 3 is 2.67 bits per heavy atom. The van der Waals surface area contributed by atoms with Crippen molar-refractivity contribution in [3.05, 3.63) is 30.1 Å². The number of para-hydroxylation sites is 2. The number of hydrogen-bond donors (Lipinski definition) is 1. The molecule has 1 aromatic carbocycles. The van der Waals surface area contributed by atoms with Gasteiger partial charge in [-0.05, 0) is 30.5 Å². The molecule has 0 bridgehead atoms. The van der Waals surface area contributed by atoms with Crippen molar-refractivity contribution in [3.8, 4) is 0 Å². The van der Waals surface area contributed by atoms with Crippen molar-refractivity contribution in [2.24, 2.45) is 11.1 Å². The molecule has 0 aliphatic rings. The lowest BCUT2D eigenvalue weighted by atomic mass is 9.89. The molecular weight excluding hydrogens is 222 g/mol. The Bertz CT molecular complexity index is 526. The van der Waals surface area contributed by atoms with E-state index in [4.69, 9.17) is 5.73 Å². The van der Waals surface area contributed by atoms with Gasteiger partial charge in [0.05, 0.1) is 11.0 Å². The first kappa shape index (κ1) is 13.1. The second-order valence-electron chi connectivity index (χ2n) is 5.64. The van der Waals surface area contributed by atoms with Crippen LogP contribution in [0, 0.1) is 5.41 Å². The van der Waals surface area contributed by atoms with Crippen molar-refractivity contribution in [3.63, 3.8) is 0 Å². The number of nitrogens with two attached hydrogens (primary N) is 1.